The predicted molar refractivity (Wildman–Crippen MR) is 182 cm³/mol. The van der Waals surface area contributed by atoms with Crippen molar-refractivity contribution in [3.05, 3.63) is 130 Å². The molecule has 5 aromatic rings. The zero-order chi connectivity index (χ0) is 33.3. The van der Waals surface area contributed by atoms with Gasteiger partial charge in [0.15, 0.2) is 0 Å². The molecule has 2 unspecified atom stereocenters. The van der Waals surface area contributed by atoms with Gasteiger partial charge in [-0.15, -0.1) is 5.10 Å². The van der Waals surface area contributed by atoms with E-state index in [0.29, 0.717) is 6.42 Å². The van der Waals surface area contributed by atoms with Gasteiger partial charge in [-0.1, -0.05) is 100 Å². The highest BCUT2D eigenvalue weighted by Crippen LogP contribution is 2.69. The molecule has 46 heavy (non-hydrogen) atoms. The molecular formula is C36H39BrF2N3O3P. The standard InChI is InChI=1S/C36H39BrF2N3O3P/c1-34(2,3)44-46(43,45-35(4,5)6)36(38,39)28-20-16-25(17-21-28)24-30(26-12-8-7-9-13-26)33(27-18-22-29(37)23-19-27)42-32-15-11-10-14-31(32)40-41-42/h7-23,30,33H,24H2,1-6H3. The lowest BCUT2D eigenvalue weighted by atomic mass is 9.82. The molecular weight excluding hydrogens is 671 g/mol. The molecule has 5 rings (SSSR count). The van der Waals surface area contributed by atoms with Crippen molar-refractivity contribution in [1.29, 1.82) is 0 Å². The van der Waals surface area contributed by atoms with Gasteiger partial charge >= 0.3 is 13.3 Å². The highest BCUT2D eigenvalue weighted by atomic mass is 79.9. The number of aromatic nitrogens is 3. The van der Waals surface area contributed by atoms with Gasteiger partial charge in [0.05, 0.1) is 22.8 Å². The lowest BCUT2D eigenvalue weighted by Crippen LogP contribution is -2.30. The van der Waals surface area contributed by atoms with Gasteiger partial charge in [0.1, 0.15) is 5.52 Å². The Bertz CT molecular complexity index is 1800. The number of rotatable bonds is 10. The number of hydrogen-bond donors (Lipinski definition) is 0. The SMILES string of the molecule is CC(C)(C)OP(=O)(OC(C)(C)C)C(F)(F)c1ccc(CC(c2ccccc2)C(c2ccc(Br)cc2)n2nnc3ccccc32)cc1. The molecule has 0 saturated heterocycles. The molecule has 1 aromatic heterocycles. The topological polar surface area (TPSA) is 66.2 Å². The average molecular weight is 711 g/mol. The first-order valence-electron chi connectivity index (χ1n) is 15.2. The monoisotopic (exact) mass is 709 g/mol. The van der Waals surface area contributed by atoms with E-state index in [9.17, 15) is 4.57 Å². The maximum absolute atomic E-state index is 16.1. The van der Waals surface area contributed by atoms with Crippen molar-refractivity contribution in [3.63, 3.8) is 0 Å². The van der Waals surface area contributed by atoms with Gasteiger partial charge in [0.2, 0.25) is 0 Å². The fourth-order valence-corrected chi connectivity index (χ4v) is 7.95. The third kappa shape index (κ3) is 7.66. The Morgan fingerprint density at radius 2 is 1.33 bits per heavy atom. The average Bonchev–Trinajstić information content (AvgIpc) is 3.40. The van der Waals surface area contributed by atoms with E-state index in [0.717, 1.165) is 32.2 Å². The van der Waals surface area contributed by atoms with Crippen LogP contribution >= 0.6 is 23.5 Å². The number of para-hydroxylation sites is 1. The maximum atomic E-state index is 16.1. The van der Waals surface area contributed by atoms with Crippen LogP contribution in [0.15, 0.2) is 108 Å². The molecule has 0 N–H and O–H groups in total. The minimum absolute atomic E-state index is 0.154. The second-order valence-electron chi connectivity index (χ2n) is 13.4. The highest BCUT2D eigenvalue weighted by Gasteiger charge is 2.58. The summed E-state index contributed by atoms with van der Waals surface area (Å²) in [5.41, 5.74) is -1.99. The van der Waals surface area contributed by atoms with Crippen molar-refractivity contribution in [2.24, 2.45) is 0 Å². The normalized spacial score (nSPS) is 14.4. The molecule has 242 valence electrons. The van der Waals surface area contributed by atoms with E-state index in [2.05, 4.69) is 50.5 Å². The van der Waals surface area contributed by atoms with Crippen LogP contribution in [-0.4, -0.2) is 26.2 Å². The second kappa shape index (κ2) is 13.1. The predicted octanol–water partition coefficient (Wildman–Crippen LogP) is 10.7. The largest absolute Gasteiger partial charge is 0.405 e. The first-order valence-corrected chi connectivity index (χ1v) is 17.5. The third-order valence-corrected chi connectivity index (χ3v) is 10.4. The van der Waals surface area contributed by atoms with Crippen LogP contribution in [0.4, 0.5) is 8.78 Å². The Balaban J connectivity index is 1.57. The van der Waals surface area contributed by atoms with Gasteiger partial charge in [0, 0.05) is 16.0 Å². The van der Waals surface area contributed by atoms with E-state index in [4.69, 9.17) is 9.05 Å². The van der Waals surface area contributed by atoms with Crippen LogP contribution in [0.1, 0.15) is 75.8 Å². The number of nitrogens with zero attached hydrogens (tertiary/aromatic N) is 3. The molecule has 0 saturated carbocycles. The van der Waals surface area contributed by atoms with E-state index in [-0.39, 0.29) is 12.0 Å². The summed E-state index contributed by atoms with van der Waals surface area (Å²) >= 11 is 3.55. The van der Waals surface area contributed by atoms with Crippen LogP contribution in [0.5, 0.6) is 0 Å². The van der Waals surface area contributed by atoms with Crippen molar-refractivity contribution in [2.75, 3.05) is 0 Å². The third-order valence-electron chi connectivity index (χ3n) is 7.35. The van der Waals surface area contributed by atoms with E-state index in [1.165, 1.54) is 12.1 Å². The van der Waals surface area contributed by atoms with Crippen molar-refractivity contribution in [2.45, 2.75) is 76.8 Å². The van der Waals surface area contributed by atoms with Gasteiger partial charge < -0.3 is 0 Å². The van der Waals surface area contributed by atoms with Crippen molar-refractivity contribution in [3.8, 4) is 0 Å². The van der Waals surface area contributed by atoms with Crippen LogP contribution in [-0.2, 0) is 25.7 Å². The number of hydrogen-bond acceptors (Lipinski definition) is 5. The Morgan fingerprint density at radius 3 is 1.91 bits per heavy atom. The molecule has 0 aliphatic heterocycles. The summed E-state index contributed by atoms with van der Waals surface area (Å²) < 4.78 is 59.9. The summed E-state index contributed by atoms with van der Waals surface area (Å²) in [4.78, 5) is 0. The summed E-state index contributed by atoms with van der Waals surface area (Å²) in [6.07, 6.45) is 0.499. The lowest BCUT2D eigenvalue weighted by Gasteiger charge is -2.36. The Morgan fingerprint density at radius 1 is 0.761 bits per heavy atom. The Hall–Kier alpha value is -3.23. The molecule has 2 atom stereocenters. The molecule has 0 radical (unpaired) electrons. The van der Waals surface area contributed by atoms with Crippen molar-refractivity contribution >= 4 is 34.6 Å². The van der Waals surface area contributed by atoms with E-state index in [1.54, 1.807) is 53.7 Å². The van der Waals surface area contributed by atoms with Crippen molar-refractivity contribution in [1.82, 2.24) is 15.0 Å². The molecule has 10 heteroatoms. The number of halogens is 3. The van der Waals surface area contributed by atoms with Gasteiger partial charge in [0.25, 0.3) is 0 Å². The summed E-state index contributed by atoms with van der Waals surface area (Å²) in [6.45, 7) is 9.47. The minimum Gasteiger partial charge on any atom is -0.298 e. The van der Waals surface area contributed by atoms with Crippen LogP contribution < -0.4 is 0 Å². The van der Waals surface area contributed by atoms with Gasteiger partial charge in [-0.3, -0.25) is 13.6 Å². The molecule has 0 spiro atoms. The molecule has 0 fully saturated rings. The minimum atomic E-state index is -4.95. The number of fused-ring (bicyclic) bond motifs is 1. The number of alkyl halides is 2. The van der Waals surface area contributed by atoms with Gasteiger partial charge in [-0.25, -0.2) is 4.68 Å². The zero-order valence-corrected chi connectivity index (χ0v) is 29.3. The van der Waals surface area contributed by atoms with E-state index >= 15 is 8.78 Å². The molecule has 0 aliphatic carbocycles. The molecule has 1 heterocycles. The van der Waals surface area contributed by atoms with Gasteiger partial charge in [-0.2, -0.15) is 8.78 Å². The van der Waals surface area contributed by atoms with Crippen LogP contribution in [0.3, 0.4) is 0 Å². The van der Waals surface area contributed by atoms with Crippen LogP contribution in [0, 0.1) is 0 Å². The fourth-order valence-electron chi connectivity index (χ4n) is 5.52. The summed E-state index contributed by atoms with van der Waals surface area (Å²) in [5, 5.41) is 9.06. The smallest absolute Gasteiger partial charge is 0.298 e. The summed E-state index contributed by atoms with van der Waals surface area (Å²) in [7, 11) is -4.95. The van der Waals surface area contributed by atoms with E-state index in [1.807, 2.05) is 59.3 Å². The molecule has 0 aliphatic rings. The zero-order valence-electron chi connectivity index (χ0n) is 26.8. The summed E-state index contributed by atoms with van der Waals surface area (Å²) in [6, 6.07) is 31.7. The molecule has 0 bridgehead atoms. The second-order valence-corrected chi connectivity index (χ2v) is 16.2. The quantitative estimate of drug-likeness (QED) is 0.135. The van der Waals surface area contributed by atoms with Crippen LogP contribution in [0.25, 0.3) is 11.0 Å². The highest BCUT2D eigenvalue weighted by molar-refractivity contribution is 9.10. The number of benzene rings is 4. The van der Waals surface area contributed by atoms with Crippen LogP contribution in [0.2, 0.25) is 0 Å². The van der Waals surface area contributed by atoms with E-state index < -0.39 is 30.0 Å². The summed E-state index contributed by atoms with van der Waals surface area (Å²) in [5.74, 6) is -0.154. The fraction of sp³-hybridized carbons (Fsp3) is 0.333. The first kappa shape index (κ1) is 34.1. The lowest BCUT2D eigenvalue weighted by molar-refractivity contribution is -0.0213. The molecule has 6 nitrogen and oxygen atoms in total. The Labute approximate surface area is 277 Å². The first-order chi connectivity index (χ1) is 21.6. The maximum Gasteiger partial charge on any atom is 0.405 e. The Kier molecular flexibility index (Phi) is 9.72. The molecule has 4 aromatic carbocycles. The van der Waals surface area contributed by atoms with Crippen molar-refractivity contribution < 1.29 is 22.4 Å². The molecule has 0 amide bonds. The van der Waals surface area contributed by atoms with Gasteiger partial charge in [-0.05, 0) is 88.9 Å².